The van der Waals surface area contributed by atoms with Gasteiger partial charge in [0.05, 0.1) is 27.7 Å². The highest BCUT2D eigenvalue weighted by atomic mass is 31.2. The van der Waals surface area contributed by atoms with Gasteiger partial charge in [0.1, 0.15) is 42.8 Å². The SMILES string of the molecule is CCCCCc1cc(C)c(CCCCCCCCC(=O)OCC(COP(=O)(O)OCC[N+](C)(C)C)OC(=O)CCCCCCCCCCc2oc(CCC)c(C)c2C)o1. The van der Waals surface area contributed by atoms with E-state index in [0.717, 1.165) is 119 Å². The number of aryl methyl sites for hydroxylation is 5. The van der Waals surface area contributed by atoms with E-state index in [2.05, 4.69) is 40.7 Å². The largest absolute Gasteiger partial charge is 0.472 e. The lowest BCUT2D eigenvalue weighted by molar-refractivity contribution is -0.870. The van der Waals surface area contributed by atoms with Crippen LogP contribution in [0.3, 0.4) is 0 Å². The van der Waals surface area contributed by atoms with Gasteiger partial charge in [0.25, 0.3) is 0 Å². The highest BCUT2D eigenvalue weighted by molar-refractivity contribution is 7.47. The number of ether oxygens (including phenoxy) is 2. The molecule has 2 heterocycles. The molecule has 2 aromatic rings. The van der Waals surface area contributed by atoms with Gasteiger partial charge >= 0.3 is 19.8 Å². The van der Waals surface area contributed by atoms with Crippen LogP contribution in [0.15, 0.2) is 14.9 Å². The van der Waals surface area contributed by atoms with Crippen LogP contribution in [-0.2, 0) is 58.4 Å². The van der Waals surface area contributed by atoms with E-state index in [4.69, 9.17) is 27.4 Å². The van der Waals surface area contributed by atoms with Gasteiger partial charge in [0.2, 0.25) is 0 Å². The second-order valence-electron chi connectivity index (χ2n) is 17.6. The molecule has 11 nitrogen and oxygen atoms in total. The lowest BCUT2D eigenvalue weighted by atomic mass is 10.0. The van der Waals surface area contributed by atoms with Gasteiger partial charge in [-0.25, -0.2) is 4.57 Å². The van der Waals surface area contributed by atoms with Gasteiger partial charge in [-0.05, 0) is 82.1 Å². The van der Waals surface area contributed by atoms with Gasteiger partial charge in [0, 0.05) is 38.5 Å². The number of furan rings is 2. The quantitative estimate of drug-likeness (QED) is 0.0305. The third kappa shape index (κ3) is 24.6. The van der Waals surface area contributed by atoms with Gasteiger partial charge in [-0.15, -0.1) is 0 Å². The number of phosphoric ester groups is 1. The molecular weight excluding hydrogens is 769 g/mol. The minimum Gasteiger partial charge on any atom is -0.466 e. The first kappa shape index (κ1) is 52.7. The lowest BCUT2D eigenvalue weighted by Gasteiger charge is -2.24. The third-order valence-corrected chi connectivity index (χ3v) is 11.9. The first-order valence-corrected chi connectivity index (χ1v) is 24.6. The molecule has 0 amide bonds. The maximum Gasteiger partial charge on any atom is 0.472 e. The summed E-state index contributed by atoms with van der Waals surface area (Å²) in [6, 6.07) is 2.19. The summed E-state index contributed by atoms with van der Waals surface area (Å²) in [4.78, 5) is 35.6. The highest BCUT2D eigenvalue weighted by Crippen LogP contribution is 2.43. The van der Waals surface area contributed by atoms with Crippen molar-refractivity contribution in [3.8, 4) is 0 Å². The van der Waals surface area contributed by atoms with E-state index < -0.39 is 32.5 Å². The Balaban J connectivity index is 1.66. The van der Waals surface area contributed by atoms with Crippen molar-refractivity contribution < 1.29 is 50.9 Å². The smallest absolute Gasteiger partial charge is 0.466 e. The Kier molecular flexibility index (Phi) is 26.6. The Labute approximate surface area is 357 Å². The molecule has 0 saturated carbocycles. The third-order valence-electron chi connectivity index (χ3n) is 11.0. The van der Waals surface area contributed by atoms with E-state index in [9.17, 15) is 19.0 Å². The summed E-state index contributed by atoms with van der Waals surface area (Å²) in [5.74, 6) is 3.67. The number of esters is 2. The number of unbranched alkanes of at least 4 members (excludes halogenated alkanes) is 14. The number of phosphoric acid groups is 1. The van der Waals surface area contributed by atoms with Crippen molar-refractivity contribution in [3.05, 3.63) is 45.8 Å². The molecule has 0 aliphatic heterocycles. The highest BCUT2D eigenvalue weighted by Gasteiger charge is 2.27. The van der Waals surface area contributed by atoms with Crippen LogP contribution < -0.4 is 0 Å². The van der Waals surface area contributed by atoms with E-state index in [1.54, 1.807) is 0 Å². The first-order valence-electron chi connectivity index (χ1n) is 23.1. The first-order chi connectivity index (χ1) is 28.1. The summed E-state index contributed by atoms with van der Waals surface area (Å²) in [6.07, 6.45) is 22.5. The average Bonchev–Trinajstić information content (AvgIpc) is 3.66. The van der Waals surface area contributed by atoms with Crippen LogP contribution in [0.4, 0.5) is 0 Å². The number of carbonyl (C=O) groups excluding carboxylic acids is 2. The topological polar surface area (TPSA) is 135 Å². The Morgan fingerprint density at radius 1 is 0.644 bits per heavy atom. The zero-order valence-corrected chi connectivity index (χ0v) is 39.4. The van der Waals surface area contributed by atoms with E-state index >= 15 is 0 Å². The van der Waals surface area contributed by atoms with Crippen LogP contribution in [0.25, 0.3) is 0 Å². The summed E-state index contributed by atoms with van der Waals surface area (Å²) >= 11 is 0. The van der Waals surface area contributed by atoms with Gasteiger partial charge in [-0.2, -0.15) is 0 Å². The number of hydrogen-bond acceptors (Lipinski definition) is 9. The van der Waals surface area contributed by atoms with Crippen molar-refractivity contribution in [2.75, 3.05) is 47.5 Å². The minimum atomic E-state index is -4.40. The van der Waals surface area contributed by atoms with Crippen molar-refractivity contribution in [1.29, 1.82) is 0 Å². The number of hydrogen-bond donors (Lipinski definition) is 1. The molecule has 59 heavy (non-hydrogen) atoms. The molecule has 0 radical (unpaired) electrons. The van der Waals surface area contributed by atoms with Crippen LogP contribution in [0, 0.1) is 20.8 Å². The number of nitrogens with zero attached hydrogens (tertiary/aromatic N) is 1. The van der Waals surface area contributed by atoms with Gasteiger partial charge in [-0.3, -0.25) is 18.6 Å². The monoisotopic (exact) mass is 853 g/mol. The predicted molar refractivity (Wildman–Crippen MR) is 236 cm³/mol. The molecule has 0 aliphatic rings. The van der Waals surface area contributed by atoms with Gasteiger partial charge in [-0.1, -0.05) is 90.9 Å². The fourth-order valence-electron chi connectivity index (χ4n) is 7.08. The standard InChI is InChI=1S/C47H82NO10P/c1-9-11-22-28-41-35-38(3)43(56-41)29-23-18-16-17-20-25-31-46(49)53-36-42(37-55-59(51,52)54-34-33-48(6,7)8)57-47(50)32-26-21-15-13-12-14-19-24-30-45-40(5)39(4)44(58-45)27-10-2/h35,42H,9-34,36-37H2,1-8H3/p+1. The Hall–Kier alpha value is -2.43. The van der Waals surface area contributed by atoms with Gasteiger partial charge < -0.3 is 27.7 Å². The molecule has 340 valence electrons. The van der Waals surface area contributed by atoms with Crippen molar-refractivity contribution in [2.45, 2.75) is 195 Å². The van der Waals surface area contributed by atoms with Gasteiger partial charge in [0.15, 0.2) is 6.10 Å². The number of quaternary nitrogens is 1. The van der Waals surface area contributed by atoms with E-state index in [1.807, 2.05) is 21.1 Å². The maximum atomic E-state index is 12.8. The van der Waals surface area contributed by atoms with Crippen LogP contribution >= 0.6 is 7.82 Å². The zero-order valence-electron chi connectivity index (χ0n) is 38.5. The molecule has 0 bridgehead atoms. The Morgan fingerprint density at radius 3 is 1.75 bits per heavy atom. The van der Waals surface area contributed by atoms with Crippen molar-refractivity contribution in [3.63, 3.8) is 0 Å². The average molecular weight is 853 g/mol. The Bertz CT molecular complexity index is 1490. The summed E-state index contributed by atoms with van der Waals surface area (Å²) in [7, 11) is 1.43. The van der Waals surface area contributed by atoms with Crippen LogP contribution in [-0.4, -0.2) is 74.9 Å². The summed E-state index contributed by atoms with van der Waals surface area (Å²) in [5.41, 5.74) is 3.88. The summed E-state index contributed by atoms with van der Waals surface area (Å²) in [5, 5.41) is 0. The van der Waals surface area contributed by atoms with Crippen LogP contribution in [0.1, 0.15) is 182 Å². The molecule has 2 aromatic heterocycles. The molecule has 0 saturated heterocycles. The van der Waals surface area contributed by atoms with E-state index in [0.29, 0.717) is 23.9 Å². The zero-order chi connectivity index (χ0) is 43.5. The molecule has 12 heteroatoms. The van der Waals surface area contributed by atoms with Crippen LogP contribution in [0.5, 0.6) is 0 Å². The van der Waals surface area contributed by atoms with Crippen molar-refractivity contribution >= 4 is 19.8 Å². The molecule has 1 N–H and O–H groups in total. The molecule has 2 unspecified atom stereocenters. The number of likely N-dealkylation sites (N-methyl/N-ethyl adjacent to an activating group) is 1. The molecule has 2 rings (SSSR count). The van der Waals surface area contributed by atoms with E-state index in [-0.39, 0.29) is 26.1 Å². The predicted octanol–water partition coefficient (Wildman–Crippen LogP) is 11.8. The second kappa shape index (κ2) is 29.8. The maximum absolute atomic E-state index is 12.8. The summed E-state index contributed by atoms with van der Waals surface area (Å²) < 4.78 is 46.7. The fraction of sp³-hybridized carbons (Fsp3) is 0.787. The van der Waals surface area contributed by atoms with Crippen molar-refractivity contribution in [2.24, 2.45) is 0 Å². The van der Waals surface area contributed by atoms with Crippen LogP contribution in [0.2, 0.25) is 0 Å². The molecule has 2 atom stereocenters. The minimum absolute atomic E-state index is 0.0185. The molecular formula is C47H83NO10P+. The van der Waals surface area contributed by atoms with E-state index in [1.165, 1.54) is 48.8 Å². The normalized spacial score (nSPS) is 13.4. The number of carbonyl (C=O) groups is 2. The summed E-state index contributed by atoms with van der Waals surface area (Å²) in [6.45, 7) is 10.7. The fourth-order valence-corrected chi connectivity index (χ4v) is 7.82. The molecule has 0 aliphatic carbocycles. The molecule has 0 spiro atoms. The number of rotatable bonds is 36. The molecule has 0 fully saturated rings. The second-order valence-corrected chi connectivity index (χ2v) is 19.0. The Morgan fingerprint density at radius 2 is 1.17 bits per heavy atom. The van der Waals surface area contributed by atoms with Crippen molar-refractivity contribution in [1.82, 2.24) is 0 Å². The lowest BCUT2D eigenvalue weighted by Crippen LogP contribution is -2.37. The molecule has 0 aromatic carbocycles.